The van der Waals surface area contributed by atoms with Crippen molar-refractivity contribution in [1.29, 1.82) is 0 Å². The molecular formula is C12H16N2O3S. The van der Waals surface area contributed by atoms with Gasteiger partial charge in [-0.3, -0.25) is 4.79 Å². The average Bonchev–Trinajstić information content (AvgIpc) is 2.81. The minimum atomic E-state index is -3.77. The Balaban J connectivity index is 2.15. The summed E-state index contributed by atoms with van der Waals surface area (Å²) >= 11 is 0. The molecule has 1 aromatic carbocycles. The Hall–Kier alpha value is -1.40. The lowest BCUT2D eigenvalue weighted by Crippen LogP contribution is -2.32. The van der Waals surface area contributed by atoms with Crippen LogP contribution < -0.4 is 10.5 Å². The smallest absolute Gasteiger partial charge is 0.251 e. The van der Waals surface area contributed by atoms with Crippen LogP contribution in [-0.2, 0) is 10.0 Å². The SMILES string of the molecule is NS(=O)(=O)c1cccc(C(=O)NC2CCCC2)c1. The predicted octanol–water partition coefficient (Wildman–Crippen LogP) is 1.01. The van der Waals surface area contributed by atoms with Crippen molar-refractivity contribution in [1.82, 2.24) is 5.32 Å². The molecule has 3 N–H and O–H groups in total. The number of nitrogens with one attached hydrogen (secondary N) is 1. The first-order valence-corrected chi connectivity index (χ1v) is 7.45. The average molecular weight is 268 g/mol. The van der Waals surface area contributed by atoms with Crippen molar-refractivity contribution < 1.29 is 13.2 Å². The Morgan fingerprint density at radius 2 is 1.94 bits per heavy atom. The first-order valence-electron chi connectivity index (χ1n) is 5.90. The highest BCUT2D eigenvalue weighted by atomic mass is 32.2. The van der Waals surface area contributed by atoms with Crippen LogP contribution in [0.2, 0.25) is 0 Å². The van der Waals surface area contributed by atoms with Crippen LogP contribution in [0.1, 0.15) is 36.0 Å². The van der Waals surface area contributed by atoms with Crippen molar-refractivity contribution in [2.45, 2.75) is 36.6 Å². The molecule has 1 aromatic rings. The number of primary sulfonamides is 1. The van der Waals surface area contributed by atoms with E-state index in [2.05, 4.69) is 5.32 Å². The molecule has 1 aliphatic carbocycles. The van der Waals surface area contributed by atoms with Gasteiger partial charge in [0, 0.05) is 11.6 Å². The van der Waals surface area contributed by atoms with Crippen LogP contribution in [0.25, 0.3) is 0 Å². The molecule has 1 aliphatic rings. The van der Waals surface area contributed by atoms with Gasteiger partial charge in [-0.05, 0) is 31.0 Å². The van der Waals surface area contributed by atoms with Gasteiger partial charge in [0.15, 0.2) is 0 Å². The summed E-state index contributed by atoms with van der Waals surface area (Å²) in [4.78, 5) is 11.9. The molecule has 98 valence electrons. The summed E-state index contributed by atoms with van der Waals surface area (Å²) in [6, 6.07) is 5.99. The number of benzene rings is 1. The normalized spacial score (nSPS) is 16.7. The largest absolute Gasteiger partial charge is 0.349 e. The number of carbonyl (C=O) groups excluding carboxylic acids is 1. The summed E-state index contributed by atoms with van der Waals surface area (Å²) < 4.78 is 22.4. The lowest BCUT2D eigenvalue weighted by molar-refractivity contribution is 0.0937. The van der Waals surface area contributed by atoms with E-state index in [0.717, 1.165) is 25.7 Å². The topological polar surface area (TPSA) is 89.3 Å². The summed E-state index contributed by atoms with van der Waals surface area (Å²) in [6.45, 7) is 0. The number of nitrogens with two attached hydrogens (primary N) is 1. The van der Waals surface area contributed by atoms with Crippen LogP contribution in [0.4, 0.5) is 0 Å². The van der Waals surface area contributed by atoms with Gasteiger partial charge in [0.25, 0.3) is 5.91 Å². The molecule has 18 heavy (non-hydrogen) atoms. The zero-order chi connectivity index (χ0) is 13.2. The molecule has 0 aromatic heterocycles. The van der Waals surface area contributed by atoms with Gasteiger partial charge >= 0.3 is 0 Å². The second-order valence-electron chi connectivity index (χ2n) is 4.53. The first-order chi connectivity index (χ1) is 8.47. The fraction of sp³-hybridized carbons (Fsp3) is 0.417. The summed E-state index contributed by atoms with van der Waals surface area (Å²) in [7, 11) is -3.77. The Kier molecular flexibility index (Phi) is 3.68. The summed E-state index contributed by atoms with van der Waals surface area (Å²) in [5, 5.41) is 7.93. The quantitative estimate of drug-likeness (QED) is 0.857. The highest BCUT2D eigenvalue weighted by Crippen LogP contribution is 2.18. The molecule has 0 spiro atoms. The molecule has 1 amide bonds. The van der Waals surface area contributed by atoms with Crippen molar-refractivity contribution in [3.63, 3.8) is 0 Å². The lowest BCUT2D eigenvalue weighted by Gasteiger charge is -2.12. The van der Waals surface area contributed by atoms with Gasteiger partial charge in [-0.1, -0.05) is 18.9 Å². The first kappa shape index (κ1) is 13.0. The number of rotatable bonds is 3. The molecule has 0 heterocycles. The summed E-state index contributed by atoms with van der Waals surface area (Å²) in [5.74, 6) is -0.243. The third-order valence-corrected chi connectivity index (χ3v) is 4.03. The van der Waals surface area contributed by atoms with Crippen molar-refractivity contribution in [3.8, 4) is 0 Å². The highest BCUT2D eigenvalue weighted by Gasteiger charge is 2.18. The second kappa shape index (κ2) is 5.07. The van der Waals surface area contributed by atoms with Crippen molar-refractivity contribution in [2.75, 3.05) is 0 Å². The molecule has 1 fully saturated rings. The minimum Gasteiger partial charge on any atom is -0.349 e. The minimum absolute atomic E-state index is 0.0402. The maximum absolute atomic E-state index is 11.9. The van der Waals surface area contributed by atoms with Gasteiger partial charge in [0.05, 0.1) is 4.90 Å². The van der Waals surface area contributed by atoms with Crippen LogP contribution in [-0.4, -0.2) is 20.4 Å². The molecule has 2 rings (SSSR count). The van der Waals surface area contributed by atoms with E-state index < -0.39 is 10.0 Å². The molecule has 0 radical (unpaired) electrons. The van der Waals surface area contributed by atoms with Gasteiger partial charge in [-0.25, -0.2) is 13.6 Å². The second-order valence-corrected chi connectivity index (χ2v) is 6.09. The molecule has 5 nitrogen and oxygen atoms in total. The maximum Gasteiger partial charge on any atom is 0.251 e. The Labute approximate surface area is 106 Å². The maximum atomic E-state index is 11.9. The fourth-order valence-corrected chi connectivity index (χ4v) is 2.71. The Bertz CT molecular complexity index is 548. The number of amides is 1. The lowest BCUT2D eigenvalue weighted by atomic mass is 10.2. The molecule has 6 heteroatoms. The van der Waals surface area contributed by atoms with E-state index in [1.807, 2.05) is 0 Å². The molecule has 0 saturated heterocycles. The number of carbonyl (C=O) groups is 1. The Morgan fingerprint density at radius 3 is 2.56 bits per heavy atom. The van der Waals surface area contributed by atoms with Crippen LogP contribution in [0.15, 0.2) is 29.2 Å². The van der Waals surface area contributed by atoms with Crippen LogP contribution in [0.3, 0.4) is 0 Å². The van der Waals surface area contributed by atoms with Crippen molar-refractivity contribution >= 4 is 15.9 Å². The summed E-state index contributed by atoms with van der Waals surface area (Å²) in [5.41, 5.74) is 0.327. The molecule has 0 bridgehead atoms. The van der Waals surface area contributed by atoms with E-state index in [0.29, 0.717) is 5.56 Å². The van der Waals surface area contributed by atoms with E-state index in [-0.39, 0.29) is 16.8 Å². The monoisotopic (exact) mass is 268 g/mol. The zero-order valence-corrected chi connectivity index (χ0v) is 10.7. The zero-order valence-electron chi connectivity index (χ0n) is 9.93. The van der Waals surface area contributed by atoms with Crippen LogP contribution in [0.5, 0.6) is 0 Å². The highest BCUT2D eigenvalue weighted by molar-refractivity contribution is 7.89. The van der Waals surface area contributed by atoms with Crippen molar-refractivity contribution in [2.24, 2.45) is 5.14 Å². The van der Waals surface area contributed by atoms with E-state index in [9.17, 15) is 13.2 Å². The van der Waals surface area contributed by atoms with Crippen molar-refractivity contribution in [3.05, 3.63) is 29.8 Å². The van der Waals surface area contributed by atoms with Crippen LogP contribution in [0, 0.1) is 0 Å². The molecule has 1 saturated carbocycles. The number of sulfonamides is 1. The van der Waals surface area contributed by atoms with Gasteiger partial charge in [-0.2, -0.15) is 0 Å². The number of hydrogen-bond donors (Lipinski definition) is 2. The summed E-state index contributed by atoms with van der Waals surface area (Å²) in [6.07, 6.45) is 4.23. The fourth-order valence-electron chi connectivity index (χ4n) is 2.15. The molecule has 0 atom stereocenters. The van der Waals surface area contributed by atoms with Gasteiger partial charge in [0.2, 0.25) is 10.0 Å². The molecule has 0 aliphatic heterocycles. The van der Waals surface area contributed by atoms with E-state index in [1.54, 1.807) is 6.07 Å². The Morgan fingerprint density at radius 1 is 1.28 bits per heavy atom. The van der Waals surface area contributed by atoms with E-state index in [1.165, 1.54) is 18.2 Å². The standard InChI is InChI=1S/C12H16N2O3S/c13-18(16,17)11-7-3-4-9(8-11)12(15)14-10-5-1-2-6-10/h3-4,7-8,10H,1-2,5-6H2,(H,14,15)(H2,13,16,17). The van der Waals surface area contributed by atoms with E-state index in [4.69, 9.17) is 5.14 Å². The van der Waals surface area contributed by atoms with Gasteiger partial charge in [-0.15, -0.1) is 0 Å². The number of hydrogen-bond acceptors (Lipinski definition) is 3. The van der Waals surface area contributed by atoms with E-state index >= 15 is 0 Å². The van der Waals surface area contributed by atoms with Gasteiger partial charge in [0.1, 0.15) is 0 Å². The van der Waals surface area contributed by atoms with Crippen LogP contribution >= 0.6 is 0 Å². The third kappa shape index (κ3) is 3.08. The third-order valence-electron chi connectivity index (χ3n) is 3.12. The predicted molar refractivity (Wildman–Crippen MR) is 67.5 cm³/mol. The molecule has 0 unspecified atom stereocenters. The molecular weight excluding hydrogens is 252 g/mol. The van der Waals surface area contributed by atoms with Gasteiger partial charge < -0.3 is 5.32 Å².